The number of benzene rings is 2. The van der Waals surface area contributed by atoms with Gasteiger partial charge in [-0.15, -0.1) is 13.2 Å². The van der Waals surface area contributed by atoms with Gasteiger partial charge in [-0.1, -0.05) is 42.5 Å². The van der Waals surface area contributed by atoms with Gasteiger partial charge in [-0.3, -0.25) is 9.59 Å². The summed E-state index contributed by atoms with van der Waals surface area (Å²) in [6, 6.07) is 14.4. The van der Waals surface area contributed by atoms with Crippen LogP contribution < -0.4 is 10.1 Å². The number of alkyl halides is 3. The molecule has 31 heavy (non-hydrogen) atoms. The summed E-state index contributed by atoms with van der Waals surface area (Å²) in [5, 5.41) is 3.09. The fraction of sp³-hybridized carbons (Fsp3) is 0.364. The van der Waals surface area contributed by atoms with Crippen molar-refractivity contribution in [3.63, 3.8) is 0 Å². The lowest BCUT2D eigenvalue weighted by Crippen LogP contribution is -2.50. The molecule has 1 fully saturated rings. The summed E-state index contributed by atoms with van der Waals surface area (Å²) < 4.78 is 51.3. The fourth-order valence-corrected chi connectivity index (χ4v) is 3.60. The SMILES string of the molecule is COC(=O)[C@H]1CN[C@](Cc2ccc(OC(F)(F)F)cc2)(C(=O)OCc2ccccc2)C1. The molecular formula is C22H22F3NO5. The maximum atomic E-state index is 13.0. The number of halogens is 3. The Morgan fingerprint density at radius 2 is 1.74 bits per heavy atom. The third-order valence-electron chi connectivity index (χ3n) is 5.08. The van der Waals surface area contributed by atoms with E-state index < -0.39 is 29.8 Å². The Morgan fingerprint density at radius 3 is 2.35 bits per heavy atom. The smallest absolute Gasteiger partial charge is 0.469 e. The van der Waals surface area contributed by atoms with Crippen molar-refractivity contribution in [1.29, 1.82) is 0 Å². The third-order valence-corrected chi connectivity index (χ3v) is 5.08. The van der Waals surface area contributed by atoms with Crippen molar-refractivity contribution in [2.75, 3.05) is 13.7 Å². The Kier molecular flexibility index (Phi) is 6.84. The van der Waals surface area contributed by atoms with Gasteiger partial charge in [0.05, 0.1) is 13.0 Å². The van der Waals surface area contributed by atoms with Crippen LogP contribution in [0.1, 0.15) is 17.5 Å². The van der Waals surface area contributed by atoms with E-state index in [-0.39, 0.29) is 31.7 Å². The maximum absolute atomic E-state index is 13.0. The molecule has 0 aliphatic carbocycles. The molecule has 9 heteroatoms. The molecule has 2 aromatic rings. The minimum atomic E-state index is -4.79. The first kappa shape index (κ1) is 22.6. The highest BCUT2D eigenvalue weighted by molar-refractivity contribution is 5.84. The van der Waals surface area contributed by atoms with Gasteiger partial charge in [-0.25, -0.2) is 0 Å². The van der Waals surface area contributed by atoms with Crippen LogP contribution >= 0.6 is 0 Å². The van der Waals surface area contributed by atoms with E-state index in [1.165, 1.54) is 31.4 Å². The molecule has 0 radical (unpaired) electrons. The van der Waals surface area contributed by atoms with Gasteiger partial charge in [0.1, 0.15) is 17.9 Å². The summed E-state index contributed by atoms with van der Waals surface area (Å²) in [6.07, 6.45) is -4.51. The van der Waals surface area contributed by atoms with Gasteiger partial charge >= 0.3 is 18.3 Å². The number of esters is 2. The number of rotatable bonds is 7. The number of nitrogens with one attached hydrogen (secondary N) is 1. The number of carbonyl (C=O) groups is 2. The highest BCUT2D eigenvalue weighted by Crippen LogP contribution is 2.31. The van der Waals surface area contributed by atoms with E-state index in [0.29, 0.717) is 5.56 Å². The maximum Gasteiger partial charge on any atom is 0.573 e. The van der Waals surface area contributed by atoms with Gasteiger partial charge in [0.25, 0.3) is 0 Å². The molecule has 0 spiro atoms. The highest BCUT2D eigenvalue weighted by atomic mass is 19.4. The first-order valence-corrected chi connectivity index (χ1v) is 9.59. The van der Waals surface area contributed by atoms with Crippen molar-refractivity contribution in [3.05, 3.63) is 65.7 Å². The molecule has 1 heterocycles. The van der Waals surface area contributed by atoms with Crippen molar-refractivity contribution >= 4 is 11.9 Å². The molecule has 0 bridgehead atoms. The van der Waals surface area contributed by atoms with E-state index >= 15 is 0 Å². The number of hydrogen-bond acceptors (Lipinski definition) is 6. The van der Waals surface area contributed by atoms with E-state index in [9.17, 15) is 22.8 Å². The first-order valence-electron chi connectivity index (χ1n) is 9.59. The Morgan fingerprint density at radius 1 is 1.06 bits per heavy atom. The van der Waals surface area contributed by atoms with Crippen molar-refractivity contribution in [2.24, 2.45) is 5.92 Å². The molecule has 2 aromatic carbocycles. The van der Waals surface area contributed by atoms with Crippen LogP contribution in [0.5, 0.6) is 5.75 Å². The fourth-order valence-electron chi connectivity index (χ4n) is 3.60. The standard InChI is InChI=1S/C22H22F3NO5/c1-29-19(27)17-12-21(26-13-17,20(28)30-14-16-5-3-2-4-6-16)11-15-7-9-18(10-8-15)31-22(23,24)25/h2-10,17,26H,11-14H2,1H3/t17-,21+/m1/s1. The van der Waals surface area contributed by atoms with Crippen molar-refractivity contribution < 1.29 is 37.0 Å². The monoisotopic (exact) mass is 437 g/mol. The van der Waals surface area contributed by atoms with Crippen LogP contribution in [-0.2, 0) is 32.1 Å². The third kappa shape index (κ3) is 5.97. The Labute approximate surface area is 177 Å². The van der Waals surface area contributed by atoms with E-state index in [4.69, 9.17) is 9.47 Å². The predicted molar refractivity (Wildman–Crippen MR) is 104 cm³/mol. The quantitative estimate of drug-likeness (QED) is 0.670. The van der Waals surface area contributed by atoms with E-state index in [1.807, 2.05) is 30.3 Å². The van der Waals surface area contributed by atoms with Gasteiger partial charge in [0.15, 0.2) is 0 Å². The van der Waals surface area contributed by atoms with Crippen LogP contribution in [0.25, 0.3) is 0 Å². The van der Waals surface area contributed by atoms with Gasteiger partial charge < -0.3 is 19.5 Å². The summed E-state index contributed by atoms with van der Waals surface area (Å²) in [7, 11) is 1.27. The topological polar surface area (TPSA) is 73.9 Å². The second-order valence-corrected chi connectivity index (χ2v) is 7.32. The molecule has 0 amide bonds. The number of hydrogen-bond donors (Lipinski definition) is 1. The summed E-state index contributed by atoms with van der Waals surface area (Å²) >= 11 is 0. The zero-order chi connectivity index (χ0) is 22.5. The molecule has 1 aliphatic heterocycles. The van der Waals surface area contributed by atoms with Gasteiger partial charge in [0, 0.05) is 13.0 Å². The van der Waals surface area contributed by atoms with Crippen LogP contribution in [0.4, 0.5) is 13.2 Å². The summed E-state index contributed by atoms with van der Waals surface area (Å²) in [6.45, 7) is 0.284. The van der Waals surface area contributed by atoms with Crippen molar-refractivity contribution in [2.45, 2.75) is 31.3 Å². The number of carbonyl (C=O) groups excluding carboxylic acids is 2. The average Bonchev–Trinajstić information content (AvgIpc) is 3.18. The molecular weight excluding hydrogens is 415 g/mol. The molecule has 0 aromatic heterocycles. The predicted octanol–water partition coefficient (Wildman–Crippen LogP) is 3.39. The van der Waals surface area contributed by atoms with Crippen LogP contribution in [0.2, 0.25) is 0 Å². The second-order valence-electron chi connectivity index (χ2n) is 7.32. The van der Waals surface area contributed by atoms with Gasteiger partial charge in [-0.2, -0.15) is 0 Å². The van der Waals surface area contributed by atoms with E-state index in [1.54, 1.807) is 0 Å². The van der Waals surface area contributed by atoms with E-state index in [2.05, 4.69) is 10.1 Å². The second kappa shape index (κ2) is 9.38. The van der Waals surface area contributed by atoms with E-state index in [0.717, 1.165) is 5.56 Å². The minimum Gasteiger partial charge on any atom is -0.469 e. The van der Waals surface area contributed by atoms with Crippen LogP contribution in [0.3, 0.4) is 0 Å². The zero-order valence-electron chi connectivity index (χ0n) is 16.8. The van der Waals surface area contributed by atoms with Crippen molar-refractivity contribution in [1.82, 2.24) is 5.32 Å². The van der Waals surface area contributed by atoms with Crippen molar-refractivity contribution in [3.8, 4) is 5.75 Å². The van der Waals surface area contributed by atoms with Gasteiger partial charge in [-0.05, 0) is 29.7 Å². The molecule has 6 nitrogen and oxygen atoms in total. The zero-order valence-corrected chi connectivity index (χ0v) is 16.8. The highest BCUT2D eigenvalue weighted by Gasteiger charge is 2.48. The summed E-state index contributed by atoms with van der Waals surface area (Å²) in [5.41, 5.74) is 0.186. The van der Waals surface area contributed by atoms with Crippen LogP contribution in [0, 0.1) is 5.92 Å². The van der Waals surface area contributed by atoms with Gasteiger partial charge in [0.2, 0.25) is 0 Å². The largest absolute Gasteiger partial charge is 0.573 e. The Bertz CT molecular complexity index is 902. The molecule has 1 saturated heterocycles. The lowest BCUT2D eigenvalue weighted by atomic mass is 9.86. The summed E-state index contributed by atoms with van der Waals surface area (Å²) in [4.78, 5) is 25.0. The molecule has 1 N–H and O–H groups in total. The average molecular weight is 437 g/mol. The lowest BCUT2D eigenvalue weighted by molar-refractivity contribution is -0.274. The summed E-state index contributed by atoms with van der Waals surface area (Å²) in [5.74, 6) is -1.89. The van der Waals surface area contributed by atoms with Crippen LogP contribution in [0.15, 0.2) is 54.6 Å². The number of methoxy groups -OCH3 is 1. The first-order chi connectivity index (χ1) is 14.7. The normalized spacial score (nSPS) is 20.8. The minimum absolute atomic E-state index is 0.0599. The number of ether oxygens (including phenoxy) is 3. The molecule has 0 saturated carbocycles. The molecule has 3 rings (SSSR count). The molecule has 0 unspecified atom stereocenters. The Hall–Kier alpha value is -3.07. The Balaban J connectivity index is 1.76. The molecule has 2 atom stereocenters. The van der Waals surface area contributed by atoms with Crippen LogP contribution in [-0.4, -0.2) is 37.5 Å². The molecule has 1 aliphatic rings. The lowest BCUT2D eigenvalue weighted by Gasteiger charge is -2.27. The molecule has 166 valence electrons.